The first-order valence-electron chi connectivity index (χ1n) is 5.91. The lowest BCUT2D eigenvalue weighted by Crippen LogP contribution is -2.43. The third-order valence-electron chi connectivity index (χ3n) is 2.89. The normalized spacial score (nSPS) is 12.9. The number of primary amides is 1. The molecule has 0 aliphatic rings. The van der Waals surface area contributed by atoms with Crippen molar-refractivity contribution in [3.8, 4) is 0 Å². The van der Waals surface area contributed by atoms with Crippen molar-refractivity contribution in [3.05, 3.63) is 15.6 Å². The number of methoxy groups -OCH3 is 1. The third kappa shape index (κ3) is 4.04. The predicted octanol–water partition coefficient (Wildman–Crippen LogP) is 1.08. The second-order valence-corrected chi connectivity index (χ2v) is 5.57. The quantitative estimate of drug-likeness (QED) is 0.806. The Bertz CT molecular complexity index is 406. The first-order chi connectivity index (χ1) is 8.45. The summed E-state index contributed by atoms with van der Waals surface area (Å²) >= 11 is 1.66. The number of carbonyl (C=O) groups excluding carboxylic acids is 1. The van der Waals surface area contributed by atoms with Gasteiger partial charge in [0.15, 0.2) is 0 Å². The highest BCUT2D eigenvalue weighted by molar-refractivity contribution is 7.11. The summed E-state index contributed by atoms with van der Waals surface area (Å²) in [5, 5.41) is 1.04. The number of aryl methyl sites for hydroxylation is 2. The number of rotatable bonds is 7. The molecule has 0 spiro atoms. The number of carbonyl (C=O) groups is 1. The van der Waals surface area contributed by atoms with Crippen molar-refractivity contribution in [1.82, 2.24) is 9.88 Å². The lowest BCUT2D eigenvalue weighted by Gasteiger charge is -2.26. The zero-order chi connectivity index (χ0) is 13.7. The third-order valence-corrected chi connectivity index (χ3v) is 3.95. The number of ether oxygens (including phenoxy) is 1. The van der Waals surface area contributed by atoms with Gasteiger partial charge in [-0.3, -0.25) is 9.69 Å². The molecule has 0 aliphatic heterocycles. The van der Waals surface area contributed by atoms with E-state index in [1.165, 1.54) is 4.88 Å². The van der Waals surface area contributed by atoms with E-state index in [9.17, 15) is 4.79 Å². The zero-order valence-electron chi connectivity index (χ0n) is 11.4. The molecule has 0 fully saturated rings. The number of hydrogen-bond acceptors (Lipinski definition) is 5. The number of nitrogens with two attached hydrogens (primary N) is 1. The molecular weight excluding hydrogens is 250 g/mol. The Balaban J connectivity index is 2.77. The molecule has 102 valence electrons. The molecule has 5 nitrogen and oxygen atoms in total. The summed E-state index contributed by atoms with van der Waals surface area (Å²) in [6.07, 6.45) is 0. The Morgan fingerprint density at radius 1 is 1.56 bits per heavy atom. The zero-order valence-corrected chi connectivity index (χ0v) is 12.2. The van der Waals surface area contributed by atoms with Crippen LogP contribution in [-0.2, 0) is 16.1 Å². The predicted molar refractivity (Wildman–Crippen MR) is 72.5 cm³/mol. The van der Waals surface area contributed by atoms with Crippen molar-refractivity contribution >= 4 is 17.2 Å². The van der Waals surface area contributed by atoms with Crippen molar-refractivity contribution in [3.63, 3.8) is 0 Å². The summed E-state index contributed by atoms with van der Waals surface area (Å²) in [7, 11) is 1.65. The van der Waals surface area contributed by atoms with Crippen LogP contribution in [0.3, 0.4) is 0 Å². The van der Waals surface area contributed by atoms with Crippen LogP contribution in [0.5, 0.6) is 0 Å². The van der Waals surface area contributed by atoms with Gasteiger partial charge in [0.1, 0.15) is 0 Å². The summed E-state index contributed by atoms with van der Waals surface area (Å²) in [5.74, 6) is -0.315. The molecule has 0 saturated carbocycles. The van der Waals surface area contributed by atoms with Crippen LogP contribution in [0.25, 0.3) is 0 Å². The van der Waals surface area contributed by atoms with E-state index in [1.807, 2.05) is 25.7 Å². The fourth-order valence-corrected chi connectivity index (χ4v) is 2.67. The number of aromatic nitrogens is 1. The first kappa shape index (κ1) is 15.1. The molecule has 6 heteroatoms. The average molecular weight is 271 g/mol. The van der Waals surface area contributed by atoms with Crippen LogP contribution in [0.4, 0.5) is 0 Å². The first-order valence-corrected chi connectivity index (χ1v) is 6.72. The molecule has 1 aromatic rings. The second-order valence-electron chi connectivity index (χ2n) is 4.28. The van der Waals surface area contributed by atoms with E-state index in [1.54, 1.807) is 18.4 Å². The van der Waals surface area contributed by atoms with Crippen molar-refractivity contribution in [2.75, 3.05) is 20.3 Å². The SMILES string of the molecule is COCCN(Cc1sc(C)nc1C)[C@@H](C)C(N)=O. The molecule has 0 aromatic carbocycles. The minimum atomic E-state index is -0.315. The smallest absolute Gasteiger partial charge is 0.234 e. The molecule has 0 bridgehead atoms. The van der Waals surface area contributed by atoms with Crippen molar-refractivity contribution < 1.29 is 9.53 Å². The van der Waals surface area contributed by atoms with Crippen molar-refractivity contribution in [1.29, 1.82) is 0 Å². The van der Waals surface area contributed by atoms with E-state index in [4.69, 9.17) is 10.5 Å². The molecular formula is C12H21N3O2S. The number of amides is 1. The second kappa shape index (κ2) is 6.82. The van der Waals surface area contributed by atoms with Crippen LogP contribution in [-0.4, -0.2) is 42.1 Å². The lowest BCUT2D eigenvalue weighted by atomic mass is 10.2. The molecule has 1 amide bonds. The van der Waals surface area contributed by atoms with Crippen LogP contribution >= 0.6 is 11.3 Å². The maximum absolute atomic E-state index is 11.3. The molecule has 0 aliphatic carbocycles. The molecule has 0 radical (unpaired) electrons. The van der Waals surface area contributed by atoms with Gasteiger partial charge in [0.05, 0.1) is 23.4 Å². The van der Waals surface area contributed by atoms with Gasteiger partial charge in [-0.25, -0.2) is 4.98 Å². The Kier molecular flexibility index (Phi) is 5.71. The molecule has 2 N–H and O–H groups in total. The fraction of sp³-hybridized carbons (Fsp3) is 0.667. The highest BCUT2D eigenvalue weighted by Gasteiger charge is 2.20. The van der Waals surface area contributed by atoms with Gasteiger partial charge in [-0.1, -0.05) is 0 Å². The van der Waals surface area contributed by atoms with Gasteiger partial charge in [-0.15, -0.1) is 11.3 Å². The summed E-state index contributed by atoms with van der Waals surface area (Å²) in [4.78, 5) is 18.9. The van der Waals surface area contributed by atoms with E-state index in [0.29, 0.717) is 19.7 Å². The van der Waals surface area contributed by atoms with Crippen LogP contribution < -0.4 is 5.73 Å². The Labute approximate surface area is 112 Å². The molecule has 18 heavy (non-hydrogen) atoms. The minimum absolute atomic E-state index is 0.304. The van der Waals surface area contributed by atoms with Crippen LogP contribution in [0, 0.1) is 13.8 Å². The largest absolute Gasteiger partial charge is 0.383 e. The van der Waals surface area contributed by atoms with Crippen LogP contribution in [0.2, 0.25) is 0 Å². The highest BCUT2D eigenvalue weighted by atomic mass is 32.1. The fourth-order valence-electron chi connectivity index (χ4n) is 1.70. The topological polar surface area (TPSA) is 68.4 Å². The minimum Gasteiger partial charge on any atom is -0.383 e. The van der Waals surface area contributed by atoms with Crippen molar-refractivity contribution in [2.45, 2.75) is 33.4 Å². The van der Waals surface area contributed by atoms with Gasteiger partial charge in [0, 0.05) is 25.1 Å². The summed E-state index contributed by atoms with van der Waals surface area (Å²) in [6, 6.07) is -0.304. The van der Waals surface area contributed by atoms with Gasteiger partial charge >= 0.3 is 0 Å². The van der Waals surface area contributed by atoms with Gasteiger partial charge < -0.3 is 10.5 Å². The van der Waals surface area contributed by atoms with E-state index in [2.05, 4.69) is 4.98 Å². The average Bonchev–Trinajstić information content (AvgIpc) is 2.62. The van der Waals surface area contributed by atoms with E-state index in [0.717, 1.165) is 10.7 Å². The highest BCUT2D eigenvalue weighted by Crippen LogP contribution is 2.20. The standard InChI is InChI=1S/C12H21N3O2S/c1-8-11(18-10(3)14-8)7-15(5-6-17-4)9(2)12(13)16/h9H,5-7H2,1-4H3,(H2,13,16)/t9-/m0/s1. The number of thiazole rings is 1. The maximum Gasteiger partial charge on any atom is 0.234 e. The lowest BCUT2D eigenvalue weighted by molar-refractivity contribution is -0.123. The Morgan fingerprint density at radius 3 is 2.67 bits per heavy atom. The molecule has 0 unspecified atom stereocenters. The monoisotopic (exact) mass is 271 g/mol. The van der Waals surface area contributed by atoms with E-state index in [-0.39, 0.29) is 11.9 Å². The summed E-state index contributed by atoms with van der Waals surface area (Å²) in [5.41, 5.74) is 6.40. The van der Waals surface area contributed by atoms with Gasteiger partial charge in [0.25, 0.3) is 0 Å². The van der Waals surface area contributed by atoms with E-state index < -0.39 is 0 Å². The van der Waals surface area contributed by atoms with Crippen LogP contribution in [0.15, 0.2) is 0 Å². The molecule has 1 aromatic heterocycles. The molecule has 1 rings (SSSR count). The maximum atomic E-state index is 11.3. The Hall–Kier alpha value is -0.980. The van der Waals surface area contributed by atoms with Gasteiger partial charge in [-0.2, -0.15) is 0 Å². The number of nitrogens with zero attached hydrogens (tertiary/aromatic N) is 2. The number of hydrogen-bond donors (Lipinski definition) is 1. The Morgan fingerprint density at radius 2 is 2.22 bits per heavy atom. The van der Waals surface area contributed by atoms with E-state index >= 15 is 0 Å². The molecule has 1 heterocycles. The van der Waals surface area contributed by atoms with Gasteiger partial charge in [-0.05, 0) is 20.8 Å². The van der Waals surface area contributed by atoms with Crippen LogP contribution in [0.1, 0.15) is 22.5 Å². The van der Waals surface area contributed by atoms with Gasteiger partial charge in [0.2, 0.25) is 5.91 Å². The summed E-state index contributed by atoms with van der Waals surface area (Å²) in [6.45, 7) is 7.73. The molecule has 0 saturated heterocycles. The summed E-state index contributed by atoms with van der Waals surface area (Å²) < 4.78 is 5.07. The molecule has 1 atom stereocenters. The van der Waals surface area contributed by atoms with Crippen molar-refractivity contribution in [2.24, 2.45) is 5.73 Å².